The first kappa shape index (κ1) is 24.8. The van der Waals surface area contributed by atoms with Crippen LogP contribution in [-0.4, -0.2) is 12.6 Å². The standard InChI is InChI=1S/C32H35N2O3/c1-4-21(2)20-36-26-13-11-23-15-16-34-19-28-25(17-30(34)27(23)18-26)10-9-22(3)32(28)37-31(35)14-12-24-7-5-6-8-29(24)33/h5-11,13,17-19,21H,4,12,14-16,20,33H2,1-3H3/q+1. The second-order valence-electron chi connectivity index (χ2n) is 10.1. The lowest BCUT2D eigenvalue weighted by Gasteiger charge is -2.18. The first-order valence-corrected chi connectivity index (χ1v) is 13.2. The number of benzene rings is 3. The number of rotatable bonds is 8. The van der Waals surface area contributed by atoms with Crippen molar-refractivity contribution in [2.24, 2.45) is 5.92 Å². The van der Waals surface area contributed by atoms with E-state index in [4.69, 9.17) is 15.2 Å². The molecule has 0 fully saturated rings. The van der Waals surface area contributed by atoms with E-state index in [2.05, 4.69) is 54.9 Å². The molecule has 1 unspecified atom stereocenters. The van der Waals surface area contributed by atoms with Crippen LogP contribution in [0, 0.1) is 12.8 Å². The van der Waals surface area contributed by atoms with Crippen molar-refractivity contribution in [1.82, 2.24) is 0 Å². The molecule has 3 aromatic carbocycles. The molecule has 1 atom stereocenters. The largest absolute Gasteiger partial charge is 0.493 e. The van der Waals surface area contributed by atoms with Crippen LogP contribution in [0.25, 0.3) is 22.0 Å². The average Bonchev–Trinajstić information content (AvgIpc) is 2.91. The predicted octanol–water partition coefficient (Wildman–Crippen LogP) is 6.20. The van der Waals surface area contributed by atoms with Crippen LogP contribution in [0.3, 0.4) is 0 Å². The monoisotopic (exact) mass is 495 g/mol. The molecule has 2 heterocycles. The van der Waals surface area contributed by atoms with Crippen LogP contribution in [0.15, 0.2) is 66.9 Å². The zero-order valence-corrected chi connectivity index (χ0v) is 21.9. The molecule has 0 radical (unpaired) electrons. The number of ether oxygens (including phenoxy) is 2. The second-order valence-corrected chi connectivity index (χ2v) is 10.1. The highest BCUT2D eigenvalue weighted by atomic mass is 16.5. The third kappa shape index (κ3) is 5.31. The Morgan fingerprint density at radius 2 is 1.95 bits per heavy atom. The van der Waals surface area contributed by atoms with E-state index in [0.717, 1.165) is 59.3 Å². The minimum atomic E-state index is -0.255. The van der Waals surface area contributed by atoms with Gasteiger partial charge in [0.2, 0.25) is 5.69 Å². The number of hydrogen-bond donors (Lipinski definition) is 1. The van der Waals surface area contributed by atoms with Crippen molar-refractivity contribution >= 4 is 22.4 Å². The fourth-order valence-corrected chi connectivity index (χ4v) is 4.85. The Hall–Kier alpha value is -3.86. The number of hydrogen-bond acceptors (Lipinski definition) is 4. The van der Waals surface area contributed by atoms with Crippen molar-refractivity contribution < 1.29 is 18.8 Å². The highest BCUT2D eigenvalue weighted by Gasteiger charge is 2.26. The number of aryl methyl sites for hydroxylation is 4. The quantitative estimate of drug-likeness (QED) is 0.137. The first-order valence-electron chi connectivity index (χ1n) is 13.2. The van der Waals surface area contributed by atoms with Crippen molar-refractivity contribution in [2.45, 2.75) is 53.0 Å². The van der Waals surface area contributed by atoms with Crippen LogP contribution >= 0.6 is 0 Å². The summed E-state index contributed by atoms with van der Waals surface area (Å²) in [6.45, 7) is 7.97. The summed E-state index contributed by atoms with van der Waals surface area (Å²) in [5.41, 5.74) is 12.3. The van der Waals surface area contributed by atoms with Gasteiger partial charge in [-0.2, -0.15) is 4.57 Å². The summed E-state index contributed by atoms with van der Waals surface area (Å²) in [6.07, 6.45) is 5.00. The zero-order valence-electron chi connectivity index (χ0n) is 21.9. The molecule has 5 heteroatoms. The number of aromatic nitrogens is 1. The van der Waals surface area contributed by atoms with Crippen molar-refractivity contribution in [3.8, 4) is 22.8 Å². The molecule has 1 aliphatic heterocycles. The third-order valence-corrected chi connectivity index (χ3v) is 7.39. The molecule has 5 rings (SSSR count). The highest BCUT2D eigenvalue weighted by molar-refractivity contribution is 5.92. The Kier molecular flexibility index (Phi) is 7.13. The number of fused-ring (bicyclic) bond motifs is 4. The number of carbonyl (C=O) groups excluding carboxylic acids is 1. The van der Waals surface area contributed by atoms with Gasteiger partial charge in [0.15, 0.2) is 12.7 Å². The van der Waals surface area contributed by atoms with Crippen LogP contribution in [0.5, 0.6) is 11.5 Å². The smallest absolute Gasteiger partial charge is 0.311 e. The van der Waals surface area contributed by atoms with Gasteiger partial charge < -0.3 is 15.2 Å². The van der Waals surface area contributed by atoms with Gasteiger partial charge in [-0.25, -0.2) is 0 Å². The first-order chi connectivity index (χ1) is 17.9. The number of nitrogens with two attached hydrogens (primary N) is 1. The minimum absolute atomic E-state index is 0.255. The van der Waals surface area contributed by atoms with Crippen molar-refractivity contribution in [2.75, 3.05) is 12.3 Å². The maximum Gasteiger partial charge on any atom is 0.311 e. The predicted molar refractivity (Wildman–Crippen MR) is 148 cm³/mol. The van der Waals surface area contributed by atoms with E-state index in [1.807, 2.05) is 37.3 Å². The summed E-state index contributed by atoms with van der Waals surface area (Å²) in [5.74, 6) is 1.81. The zero-order chi connectivity index (χ0) is 25.9. The molecule has 0 spiro atoms. The Morgan fingerprint density at radius 3 is 2.76 bits per heavy atom. The second kappa shape index (κ2) is 10.6. The summed E-state index contributed by atoms with van der Waals surface area (Å²) < 4.78 is 14.3. The van der Waals surface area contributed by atoms with E-state index in [-0.39, 0.29) is 12.4 Å². The van der Waals surface area contributed by atoms with E-state index in [1.54, 1.807) is 0 Å². The number of pyridine rings is 1. The molecular weight excluding hydrogens is 460 g/mol. The van der Waals surface area contributed by atoms with E-state index < -0.39 is 0 Å². The lowest BCUT2D eigenvalue weighted by atomic mass is 9.95. The van der Waals surface area contributed by atoms with Crippen LogP contribution in [-0.2, 0) is 24.2 Å². The van der Waals surface area contributed by atoms with Crippen LogP contribution < -0.4 is 19.8 Å². The molecule has 0 bridgehead atoms. The molecule has 0 saturated heterocycles. The van der Waals surface area contributed by atoms with Crippen molar-refractivity contribution in [1.29, 1.82) is 0 Å². The van der Waals surface area contributed by atoms with Gasteiger partial charge in [-0.15, -0.1) is 0 Å². The topological polar surface area (TPSA) is 65.4 Å². The summed E-state index contributed by atoms with van der Waals surface area (Å²) >= 11 is 0. The fourth-order valence-electron chi connectivity index (χ4n) is 4.85. The summed E-state index contributed by atoms with van der Waals surface area (Å²) in [6, 6.07) is 20.4. The van der Waals surface area contributed by atoms with E-state index in [0.29, 0.717) is 23.8 Å². The summed E-state index contributed by atoms with van der Waals surface area (Å²) in [7, 11) is 0. The number of carbonyl (C=O) groups is 1. The van der Waals surface area contributed by atoms with Gasteiger partial charge >= 0.3 is 5.97 Å². The molecule has 4 aromatic rings. The lowest BCUT2D eigenvalue weighted by molar-refractivity contribution is -0.686. The molecular formula is C32H35N2O3+. The van der Waals surface area contributed by atoms with Gasteiger partial charge in [-0.05, 0) is 59.5 Å². The van der Waals surface area contributed by atoms with Gasteiger partial charge in [-0.1, -0.05) is 56.7 Å². The van der Waals surface area contributed by atoms with Gasteiger partial charge in [0.1, 0.15) is 11.5 Å². The lowest BCUT2D eigenvalue weighted by Crippen LogP contribution is -2.40. The molecule has 37 heavy (non-hydrogen) atoms. The molecule has 0 saturated carbocycles. The number of anilines is 1. The van der Waals surface area contributed by atoms with Gasteiger partial charge in [-0.3, -0.25) is 4.79 Å². The molecule has 0 amide bonds. The van der Waals surface area contributed by atoms with Gasteiger partial charge in [0.25, 0.3) is 0 Å². The number of nitrogens with zero attached hydrogens (tertiary/aromatic N) is 1. The van der Waals surface area contributed by atoms with Gasteiger partial charge in [0, 0.05) is 18.2 Å². The Morgan fingerprint density at radius 1 is 1.11 bits per heavy atom. The number of esters is 1. The normalized spacial score (nSPS) is 13.1. The Balaban J connectivity index is 1.42. The summed E-state index contributed by atoms with van der Waals surface area (Å²) in [5, 5.41) is 2.00. The molecule has 1 aromatic heterocycles. The number of nitrogen functional groups attached to an aromatic ring is 1. The summed E-state index contributed by atoms with van der Waals surface area (Å²) in [4.78, 5) is 12.8. The third-order valence-electron chi connectivity index (χ3n) is 7.39. The van der Waals surface area contributed by atoms with Crippen molar-refractivity contribution in [3.05, 3.63) is 83.6 Å². The SMILES string of the molecule is CCC(C)COc1ccc2c(c1)-c1cc3ccc(C)c(OC(=O)CCc4ccccc4N)c3c[n+]1CC2. The average molecular weight is 496 g/mol. The van der Waals surface area contributed by atoms with E-state index in [1.165, 1.54) is 11.1 Å². The molecule has 5 nitrogen and oxygen atoms in total. The molecule has 2 N–H and O–H groups in total. The van der Waals surface area contributed by atoms with E-state index >= 15 is 0 Å². The minimum Gasteiger partial charge on any atom is -0.493 e. The maximum absolute atomic E-state index is 12.8. The van der Waals surface area contributed by atoms with Crippen LogP contribution in [0.1, 0.15) is 43.4 Å². The molecule has 0 aliphatic carbocycles. The van der Waals surface area contributed by atoms with Gasteiger partial charge in [0.05, 0.1) is 24.0 Å². The fraction of sp³-hybridized carbons (Fsp3) is 0.312. The molecule has 1 aliphatic rings. The number of para-hydroxylation sites is 1. The van der Waals surface area contributed by atoms with Crippen LogP contribution in [0.4, 0.5) is 5.69 Å². The Labute approximate surface area is 218 Å². The highest BCUT2D eigenvalue weighted by Crippen LogP contribution is 2.35. The Bertz CT molecular complexity index is 1460. The van der Waals surface area contributed by atoms with E-state index in [9.17, 15) is 4.79 Å². The van der Waals surface area contributed by atoms with Crippen molar-refractivity contribution in [3.63, 3.8) is 0 Å². The van der Waals surface area contributed by atoms with Crippen LogP contribution in [0.2, 0.25) is 0 Å². The molecule has 190 valence electrons. The maximum atomic E-state index is 12.8.